The highest BCUT2D eigenvalue weighted by Crippen LogP contribution is 2.53. The highest BCUT2D eigenvalue weighted by Gasteiger charge is 2.48. The van der Waals surface area contributed by atoms with Gasteiger partial charge in [0.2, 0.25) is 0 Å². The molecule has 1 nitrogen and oxygen atoms in total. The van der Waals surface area contributed by atoms with Crippen LogP contribution in [0.1, 0.15) is 57.8 Å². The summed E-state index contributed by atoms with van der Waals surface area (Å²) < 4.78 is 0. The Morgan fingerprint density at radius 2 is 1.25 bits per heavy atom. The highest BCUT2D eigenvalue weighted by atomic mass is 15.0. The fraction of sp³-hybridized carbons (Fsp3) is 1.00. The molecule has 0 aromatic rings. The third-order valence-electron chi connectivity index (χ3n) is 6.01. The van der Waals surface area contributed by atoms with Crippen LogP contribution in [0.5, 0.6) is 0 Å². The van der Waals surface area contributed by atoms with Crippen molar-refractivity contribution in [2.75, 3.05) is 0 Å². The molecule has 1 N–H and O–H groups in total. The van der Waals surface area contributed by atoms with Gasteiger partial charge in [-0.2, -0.15) is 0 Å². The van der Waals surface area contributed by atoms with Crippen LogP contribution in [0.4, 0.5) is 0 Å². The van der Waals surface area contributed by atoms with Crippen molar-refractivity contribution in [3.8, 4) is 0 Å². The van der Waals surface area contributed by atoms with E-state index in [0.29, 0.717) is 0 Å². The average Bonchev–Trinajstić information content (AvgIpc) is 2.75. The molecule has 5 rings (SSSR count). The minimum atomic E-state index is 0.891. The van der Waals surface area contributed by atoms with Gasteiger partial charge in [0.1, 0.15) is 0 Å². The van der Waals surface area contributed by atoms with Gasteiger partial charge in [-0.3, -0.25) is 0 Å². The topological polar surface area (TPSA) is 12.0 Å². The lowest BCUT2D eigenvalue weighted by molar-refractivity contribution is -0.0174. The maximum atomic E-state index is 4.06. The molecule has 0 aromatic heterocycles. The molecule has 0 heterocycles. The number of hydrogen-bond acceptors (Lipinski definition) is 1. The second-order valence-corrected chi connectivity index (χ2v) is 7.10. The van der Waals surface area contributed by atoms with Gasteiger partial charge in [0.15, 0.2) is 0 Å². The smallest absolute Gasteiger partial charge is 0.0127 e. The molecule has 0 unspecified atom stereocenters. The Morgan fingerprint density at radius 1 is 0.688 bits per heavy atom. The third-order valence-corrected chi connectivity index (χ3v) is 6.01. The molecular weight excluding hydrogens is 194 g/mol. The quantitative estimate of drug-likeness (QED) is 0.751. The Hall–Kier alpha value is -0.0400. The lowest BCUT2D eigenvalue weighted by Gasteiger charge is -2.55. The Bertz CT molecular complexity index is 239. The van der Waals surface area contributed by atoms with Gasteiger partial charge in [-0.05, 0) is 68.6 Å². The summed E-state index contributed by atoms with van der Waals surface area (Å²) in [5, 5.41) is 4.06. The highest BCUT2D eigenvalue weighted by molar-refractivity contribution is 5.02. The Labute approximate surface area is 99.4 Å². The van der Waals surface area contributed by atoms with E-state index in [1.807, 2.05) is 0 Å². The van der Waals surface area contributed by atoms with Crippen LogP contribution in [-0.2, 0) is 0 Å². The van der Waals surface area contributed by atoms with Gasteiger partial charge < -0.3 is 5.32 Å². The largest absolute Gasteiger partial charge is 0.311 e. The summed E-state index contributed by atoms with van der Waals surface area (Å²) >= 11 is 0. The molecule has 0 saturated heterocycles. The van der Waals surface area contributed by atoms with Crippen LogP contribution in [0.15, 0.2) is 0 Å². The lowest BCUT2D eigenvalue weighted by Crippen LogP contribution is -2.56. The summed E-state index contributed by atoms with van der Waals surface area (Å²) in [4.78, 5) is 0. The fourth-order valence-corrected chi connectivity index (χ4v) is 5.56. The molecule has 0 aromatic carbocycles. The van der Waals surface area contributed by atoms with Gasteiger partial charge in [-0.1, -0.05) is 12.8 Å². The van der Waals surface area contributed by atoms with E-state index in [2.05, 4.69) is 5.32 Å². The van der Waals surface area contributed by atoms with Crippen LogP contribution in [0, 0.1) is 23.7 Å². The second-order valence-electron chi connectivity index (χ2n) is 7.10. The van der Waals surface area contributed by atoms with E-state index in [9.17, 15) is 0 Å². The van der Waals surface area contributed by atoms with Crippen molar-refractivity contribution in [2.24, 2.45) is 23.7 Å². The summed E-state index contributed by atoms with van der Waals surface area (Å²) in [5.74, 6) is 4.39. The standard InChI is InChI=1S/C15H25N/c1-2-4-14(3-1)16-15-12-6-10-5-11(8-12)9-13(15)7-10/h10-16H,1-9H2. The summed E-state index contributed by atoms with van der Waals surface area (Å²) in [6.07, 6.45) is 13.7. The molecule has 16 heavy (non-hydrogen) atoms. The van der Waals surface area contributed by atoms with Crippen LogP contribution in [-0.4, -0.2) is 12.1 Å². The zero-order valence-electron chi connectivity index (χ0n) is 10.3. The molecule has 4 bridgehead atoms. The van der Waals surface area contributed by atoms with E-state index >= 15 is 0 Å². The molecule has 0 amide bonds. The van der Waals surface area contributed by atoms with Gasteiger partial charge in [0.25, 0.3) is 0 Å². The van der Waals surface area contributed by atoms with Crippen LogP contribution in [0.3, 0.4) is 0 Å². The molecular formula is C15H25N. The van der Waals surface area contributed by atoms with Crippen molar-refractivity contribution in [2.45, 2.75) is 69.9 Å². The second kappa shape index (κ2) is 3.73. The van der Waals surface area contributed by atoms with Crippen molar-refractivity contribution in [3.05, 3.63) is 0 Å². The molecule has 0 spiro atoms. The SMILES string of the molecule is C1CCC(NC2C3CC4CC(C3)CC2C4)C1. The van der Waals surface area contributed by atoms with E-state index < -0.39 is 0 Å². The molecule has 5 fully saturated rings. The van der Waals surface area contributed by atoms with E-state index in [1.165, 1.54) is 25.7 Å². The first-order chi connectivity index (χ1) is 7.88. The van der Waals surface area contributed by atoms with E-state index in [1.54, 1.807) is 32.1 Å². The van der Waals surface area contributed by atoms with Gasteiger partial charge in [0.05, 0.1) is 0 Å². The molecule has 0 aliphatic heterocycles. The Morgan fingerprint density at radius 3 is 1.81 bits per heavy atom. The lowest BCUT2D eigenvalue weighted by atomic mass is 9.54. The normalized spacial score (nSPS) is 51.4. The molecule has 90 valence electrons. The average molecular weight is 219 g/mol. The van der Waals surface area contributed by atoms with E-state index in [0.717, 1.165) is 35.8 Å². The van der Waals surface area contributed by atoms with Crippen LogP contribution in [0.2, 0.25) is 0 Å². The number of hydrogen-bond donors (Lipinski definition) is 1. The van der Waals surface area contributed by atoms with Gasteiger partial charge >= 0.3 is 0 Å². The molecule has 5 saturated carbocycles. The zero-order chi connectivity index (χ0) is 10.5. The van der Waals surface area contributed by atoms with E-state index in [4.69, 9.17) is 0 Å². The molecule has 0 radical (unpaired) electrons. The zero-order valence-corrected chi connectivity index (χ0v) is 10.3. The first-order valence-electron chi connectivity index (χ1n) is 7.64. The third kappa shape index (κ3) is 1.54. The summed E-state index contributed by atoms with van der Waals surface area (Å²) in [5.41, 5.74) is 0. The molecule has 0 atom stereocenters. The van der Waals surface area contributed by atoms with Crippen molar-refractivity contribution in [3.63, 3.8) is 0 Å². The number of rotatable bonds is 2. The van der Waals surface area contributed by atoms with Gasteiger partial charge in [-0.15, -0.1) is 0 Å². The first-order valence-corrected chi connectivity index (χ1v) is 7.64. The monoisotopic (exact) mass is 219 g/mol. The first kappa shape index (κ1) is 9.94. The predicted molar refractivity (Wildman–Crippen MR) is 66.2 cm³/mol. The fourth-order valence-electron chi connectivity index (χ4n) is 5.56. The summed E-state index contributed by atoms with van der Waals surface area (Å²) in [7, 11) is 0. The van der Waals surface area contributed by atoms with Crippen molar-refractivity contribution in [1.82, 2.24) is 5.32 Å². The van der Waals surface area contributed by atoms with Crippen LogP contribution in [0.25, 0.3) is 0 Å². The Kier molecular flexibility index (Phi) is 2.32. The van der Waals surface area contributed by atoms with Crippen molar-refractivity contribution >= 4 is 0 Å². The minimum absolute atomic E-state index is 0.891. The predicted octanol–water partition coefficient (Wildman–Crippen LogP) is 3.34. The van der Waals surface area contributed by atoms with Crippen LogP contribution >= 0.6 is 0 Å². The van der Waals surface area contributed by atoms with Crippen LogP contribution < -0.4 is 5.32 Å². The van der Waals surface area contributed by atoms with Crippen molar-refractivity contribution < 1.29 is 0 Å². The summed E-state index contributed by atoms with van der Waals surface area (Å²) in [6.45, 7) is 0. The van der Waals surface area contributed by atoms with Gasteiger partial charge in [0, 0.05) is 12.1 Å². The Balaban J connectivity index is 1.47. The van der Waals surface area contributed by atoms with E-state index in [-0.39, 0.29) is 0 Å². The molecule has 1 heteroatoms. The molecule has 5 aliphatic rings. The minimum Gasteiger partial charge on any atom is -0.311 e. The van der Waals surface area contributed by atoms with Crippen molar-refractivity contribution in [1.29, 1.82) is 0 Å². The summed E-state index contributed by atoms with van der Waals surface area (Å²) in [6, 6.07) is 1.82. The molecule has 5 aliphatic carbocycles. The van der Waals surface area contributed by atoms with Gasteiger partial charge in [-0.25, -0.2) is 0 Å². The maximum absolute atomic E-state index is 4.06. The maximum Gasteiger partial charge on any atom is 0.0127 e. The number of nitrogens with one attached hydrogen (secondary N) is 1.